The molecule has 1 aliphatic heterocycles. The number of rotatable bonds is 4. The van der Waals surface area contributed by atoms with Gasteiger partial charge in [0.05, 0.1) is 5.56 Å². The Morgan fingerprint density at radius 1 is 1.29 bits per heavy atom. The number of carbonyl (C=O) groups is 1. The zero-order valence-corrected chi connectivity index (χ0v) is 12.8. The molecule has 0 aromatic carbocycles. The van der Waals surface area contributed by atoms with Crippen molar-refractivity contribution in [3.05, 3.63) is 48.4 Å². The van der Waals surface area contributed by atoms with E-state index in [1.165, 1.54) is 6.07 Å². The molecule has 128 valence electrons. The van der Waals surface area contributed by atoms with Crippen LogP contribution in [0.15, 0.2) is 42.9 Å². The van der Waals surface area contributed by atoms with E-state index in [1.54, 1.807) is 4.57 Å². The van der Waals surface area contributed by atoms with Crippen molar-refractivity contribution in [2.75, 3.05) is 18.0 Å². The number of nitrogens with zero attached hydrogens (tertiary/aromatic N) is 3. The van der Waals surface area contributed by atoms with Crippen LogP contribution >= 0.6 is 0 Å². The summed E-state index contributed by atoms with van der Waals surface area (Å²) in [7, 11) is 0. The van der Waals surface area contributed by atoms with Crippen LogP contribution in [0.1, 0.15) is 12.0 Å². The van der Waals surface area contributed by atoms with E-state index in [4.69, 9.17) is 0 Å². The quantitative estimate of drug-likeness (QED) is 0.931. The second-order valence-corrected chi connectivity index (χ2v) is 5.76. The van der Waals surface area contributed by atoms with Gasteiger partial charge < -0.3 is 14.8 Å². The highest BCUT2D eigenvalue weighted by Gasteiger charge is 2.31. The lowest BCUT2D eigenvalue weighted by atomic mass is 10.2. The fourth-order valence-corrected chi connectivity index (χ4v) is 2.74. The number of carbonyl (C=O) groups excluding carboxylic acids is 1. The van der Waals surface area contributed by atoms with Crippen LogP contribution in [-0.2, 0) is 17.5 Å². The molecule has 1 N–H and O–H groups in total. The normalized spacial score (nSPS) is 18.0. The first-order chi connectivity index (χ1) is 11.4. The fourth-order valence-electron chi connectivity index (χ4n) is 2.74. The minimum absolute atomic E-state index is 0.0304. The second-order valence-electron chi connectivity index (χ2n) is 5.76. The molecule has 5 nitrogen and oxygen atoms in total. The Morgan fingerprint density at radius 3 is 2.67 bits per heavy atom. The van der Waals surface area contributed by atoms with Crippen molar-refractivity contribution in [2.24, 2.45) is 0 Å². The van der Waals surface area contributed by atoms with Crippen LogP contribution in [0.25, 0.3) is 0 Å². The van der Waals surface area contributed by atoms with E-state index < -0.39 is 11.7 Å². The van der Waals surface area contributed by atoms with E-state index in [-0.39, 0.29) is 18.5 Å². The monoisotopic (exact) mass is 338 g/mol. The molecule has 1 amide bonds. The number of alkyl halides is 3. The number of anilines is 1. The van der Waals surface area contributed by atoms with Crippen LogP contribution in [0.4, 0.5) is 19.0 Å². The fraction of sp³-hybridized carbons (Fsp3) is 0.375. The molecule has 1 aliphatic rings. The molecule has 0 saturated carbocycles. The molecule has 0 aliphatic carbocycles. The molecule has 1 saturated heterocycles. The van der Waals surface area contributed by atoms with Gasteiger partial charge in [0.1, 0.15) is 12.4 Å². The maximum absolute atomic E-state index is 12.6. The first-order valence-corrected chi connectivity index (χ1v) is 7.60. The van der Waals surface area contributed by atoms with Gasteiger partial charge in [0.15, 0.2) is 0 Å². The molecule has 3 rings (SSSR count). The van der Waals surface area contributed by atoms with Crippen molar-refractivity contribution in [1.82, 2.24) is 14.9 Å². The maximum atomic E-state index is 12.6. The van der Waals surface area contributed by atoms with Crippen molar-refractivity contribution in [2.45, 2.75) is 25.2 Å². The Hall–Kier alpha value is -2.51. The summed E-state index contributed by atoms with van der Waals surface area (Å²) in [6, 6.07) is 6.06. The Morgan fingerprint density at radius 2 is 2.04 bits per heavy atom. The van der Waals surface area contributed by atoms with Crippen molar-refractivity contribution in [3.63, 3.8) is 0 Å². The molecule has 3 heterocycles. The van der Waals surface area contributed by atoms with E-state index in [1.807, 2.05) is 29.4 Å². The zero-order chi connectivity index (χ0) is 17.2. The average Bonchev–Trinajstić information content (AvgIpc) is 3.18. The van der Waals surface area contributed by atoms with Crippen molar-refractivity contribution in [3.8, 4) is 0 Å². The minimum atomic E-state index is -4.38. The summed E-state index contributed by atoms with van der Waals surface area (Å²) >= 11 is 0. The summed E-state index contributed by atoms with van der Waals surface area (Å²) in [5.41, 5.74) is -0.762. The van der Waals surface area contributed by atoms with E-state index in [0.29, 0.717) is 18.9 Å². The van der Waals surface area contributed by atoms with E-state index in [2.05, 4.69) is 10.3 Å². The van der Waals surface area contributed by atoms with Crippen LogP contribution < -0.4 is 10.2 Å². The molecule has 2 aromatic heterocycles. The van der Waals surface area contributed by atoms with Gasteiger partial charge in [-0.2, -0.15) is 13.2 Å². The SMILES string of the molecule is O=C(Cn1cccc1)NC1CCN(c2ccc(C(F)(F)F)cn2)C1. The smallest absolute Gasteiger partial charge is 0.354 e. The highest BCUT2D eigenvalue weighted by molar-refractivity contribution is 5.76. The predicted molar refractivity (Wildman–Crippen MR) is 82.4 cm³/mol. The lowest BCUT2D eigenvalue weighted by Gasteiger charge is -2.18. The first-order valence-electron chi connectivity index (χ1n) is 7.60. The Kier molecular flexibility index (Phi) is 4.46. The second kappa shape index (κ2) is 6.54. The molecule has 0 bridgehead atoms. The van der Waals surface area contributed by atoms with E-state index in [9.17, 15) is 18.0 Å². The molecule has 2 aromatic rings. The lowest BCUT2D eigenvalue weighted by Crippen LogP contribution is -2.38. The average molecular weight is 338 g/mol. The number of hydrogen-bond acceptors (Lipinski definition) is 3. The van der Waals surface area contributed by atoms with Crippen LogP contribution in [0.5, 0.6) is 0 Å². The molecule has 8 heteroatoms. The third-order valence-electron chi connectivity index (χ3n) is 3.94. The Balaban J connectivity index is 1.54. The highest BCUT2D eigenvalue weighted by atomic mass is 19.4. The molecular formula is C16H17F3N4O. The van der Waals surface area contributed by atoms with Gasteiger partial charge in [-0.3, -0.25) is 4.79 Å². The summed E-state index contributed by atoms with van der Waals surface area (Å²) in [5, 5.41) is 2.94. The van der Waals surface area contributed by atoms with E-state index >= 15 is 0 Å². The van der Waals surface area contributed by atoms with Gasteiger partial charge in [0, 0.05) is 37.7 Å². The van der Waals surface area contributed by atoms with Gasteiger partial charge in [-0.1, -0.05) is 0 Å². The molecule has 0 radical (unpaired) electrons. The van der Waals surface area contributed by atoms with Crippen molar-refractivity contribution in [1.29, 1.82) is 0 Å². The Bertz CT molecular complexity index is 682. The number of amides is 1. The van der Waals surface area contributed by atoms with Crippen molar-refractivity contribution >= 4 is 11.7 Å². The summed E-state index contributed by atoms with van der Waals surface area (Å²) in [4.78, 5) is 17.7. The third-order valence-corrected chi connectivity index (χ3v) is 3.94. The summed E-state index contributed by atoms with van der Waals surface area (Å²) in [5.74, 6) is 0.406. The van der Waals surface area contributed by atoms with Gasteiger partial charge in [-0.05, 0) is 30.7 Å². The number of aromatic nitrogens is 2. The molecular weight excluding hydrogens is 321 g/mol. The summed E-state index contributed by atoms with van der Waals surface area (Å²) in [6.07, 6.45) is 0.818. The number of nitrogens with one attached hydrogen (secondary N) is 1. The third kappa shape index (κ3) is 3.87. The molecule has 1 fully saturated rings. The highest BCUT2D eigenvalue weighted by Crippen LogP contribution is 2.29. The van der Waals surface area contributed by atoms with Gasteiger partial charge in [-0.15, -0.1) is 0 Å². The standard InChI is InChI=1S/C16H17F3N4O/c17-16(18,19)12-3-4-14(20-9-12)23-8-5-13(10-23)21-15(24)11-22-6-1-2-7-22/h1-4,6-7,9,13H,5,8,10-11H2,(H,21,24). The van der Waals surface area contributed by atoms with Gasteiger partial charge in [0.25, 0.3) is 0 Å². The number of hydrogen-bond donors (Lipinski definition) is 1. The summed E-state index contributed by atoms with van der Waals surface area (Å²) in [6.45, 7) is 1.44. The van der Waals surface area contributed by atoms with Gasteiger partial charge >= 0.3 is 6.18 Å². The predicted octanol–water partition coefficient (Wildman–Crippen LogP) is 2.30. The minimum Gasteiger partial charge on any atom is -0.354 e. The van der Waals surface area contributed by atoms with Crippen LogP contribution in [0.3, 0.4) is 0 Å². The van der Waals surface area contributed by atoms with Crippen LogP contribution in [0, 0.1) is 0 Å². The van der Waals surface area contributed by atoms with Crippen LogP contribution in [-0.4, -0.2) is 34.6 Å². The van der Waals surface area contributed by atoms with Crippen molar-refractivity contribution < 1.29 is 18.0 Å². The number of pyridine rings is 1. The van der Waals surface area contributed by atoms with Crippen LogP contribution in [0.2, 0.25) is 0 Å². The molecule has 24 heavy (non-hydrogen) atoms. The maximum Gasteiger partial charge on any atom is 0.417 e. The first kappa shape index (κ1) is 16.4. The van der Waals surface area contributed by atoms with Gasteiger partial charge in [-0.25, -0.2) is 4.98 Å². The molecule has 0 spiro atoms. The lowest BCUT2D eigenvalue weighted by molar-refractivity contribution is -0.137. The topological polar surface area (TPSA) is 50.2 Å². The molecule has 1 unspecified atom stereocenters. The largest absolute Gasteiger partial charge is 0.417 e. The molecule has 1 atom stereocenters. The zero-order valence-electron chi connectivity index (χ0n) is 12.8. The Labute approximate surface area is 137 Å². The van der Waals surface area contributed by atoms with E-state index in [0.717, 1.165) is 18.7 Å². The summed E-state index contributed by atoms with van der Waals surface area (Å²) < 4.78 is 39.4. The number of halogens is 3. The van der Waals surface area contributed by atoms with Gasteiger partial charge in [0.2, 0.25) is 5.91 Å².